The number of likely N-dealkylation sites (tertiary alicyclic amines) is 1. The van der Waals surface area contributed by atoms with Crippen molar-refractivity contribution < 1.29 is 9.90 Å². The van der Waals surface area contributed by atoms with E-state index < -0.39 is 0 Å². The molecule has 2 fully saturated rings. The topological polar surface area (TPSA) is 40.5 Å². The second-order valence-electron chi connectivity index (χ2n) is 7.34. The summed E-state index contributed by atoms with van der Waals surface area (Å²) in [5.74, 6) is 1.35. The van der Waals surface area contributed by atoms with Gasteiger partial charge in [-0.1, -0.05) is 20.3 Å². The zero-order chi connectivity index (χ0) is 13.9. The van der Waals surface area contributed by atoms with Crippen LogP contribution in [0, 0.1) is 17.3 Å². The van der Waals surface area contributed by atoms with Crippen LogP contribution in [0.1, 0.15) is 58.8 Å². The van der Waals surface area contributed by atoms with E-state index in [2.05, 4.69) is 13.8 Å². The molecule has 19 heavy (non-hydrogen) atoms. The Morgan fingerprint density at radius 1 is 1.21 bits per heavy atom. The number of hydrogen-bond donors (Lipinski definition) is 1. The molecule has 0 radical (unpaired) electrons. The van der Waals surface area contributed by atoms with Gasteiger partial charge in [0, 0.05) is 26.1 Å². The lowest BCUT2D eigenvalue weighted by atomic mass is 9.71. The largest absolute Gasteiger partial charge is 0.396 e. The normalized spacial score (nSPS) is 28.4. The van der Waals surface area contributed by atoms with Crippen LogP contribution in [0.25, 0.3) is 0 Å². The second-order valence-corrected chi connectivity index (χ2v) is 7.34. The minimum Gasteiger partial charge on any atom is -0.396 e. The average Bonchev–Trinajstić information content (AvgIpc) is 2.37. The Kier molecular flexibility index (Phi) is 4.88. The van der Waals surface area contributed by atoms with Crippen LogP contribution in [0.2, 0.25) is 0 Å². The maximum Gasteiger partial charge on any atom is 0.222 e. The minimum atomic E-state index is 0.277. The van der Waals surface area contributed by atoms with Gasteiger partial charge in [0.1, 0.15) is 0 Å². The highest BCUT2D eigenvalue weighted by Gasteiger charge is 2.31. The van der Waals surface area contributed by atoms with Crippen LogP contribution in [0.4, 0.5) is 0 Å². The molecule has 1 atom stereocenters. The maximum absolute atomic E-state index is 12.3. The summed E-state index contributed by atoms with van der Waals surface area (Å²) in [6.45, 7) is 6.63. The molecule has 1 aliphatic carbocycles. The molecule has 110 valence electrons. The molecule has 2 rings (SSSR count). The van der Waals surface area contributed by atoms with E-state index >= 15 is 0 Å². The van der Waals surface area contributed by atoms with E-state index in [1.165, 1.54) is 25.7 Å². The van der Waals surface area contributed by atoms with Crippen molar-refractivity contribution in [2.24, 2.45) is 17.3 Å². The number of carbonyl (C=O) groups is 1. The standard InChI is InChI=1S/C16H29NO2/c1-16(2)7-3-4-14(11-16)10-15(19)17-8-5-13(12-18)6-9-17/h13-14,18H,3-12H2,1-2H3. The van der Waals surface area contributed by atoms with E-state index in [1.807, 2.05) is 4.90 Å². The van der Waals surface area contributed by atoms with Crippen LogP contribution in [0.15, 0.2) is 0 Å². The molecular formula is C16H29NO2. The molecule has 1 N–H and O–H groups in total. The van der Waals surface area contributed by atoms with Gasteiger partial charge in [0.15, 0.2) is 0 Å². The number of hydrogen-bond acceptors (Lipinski definition) is 2. The van der Waals surface area contributed by atoms with Gasteiger partial charge < -0.3 is 10.0 Å². The van der Waals surface area contributed by atoms with Crippen LogP contribution in [0.3, 0.4) is 0 Å². The van der Waals surface area contributed by atoms with Gasteiger partial charge >= 0.3 is 0 Å². The molecule has 3 nitrogen and oxygen atoms in total. The van der Waals surface area contributed by atoms with E-state index in [0.29, 0.717) is 23.2 Å². The molecule has 1 amide bonds. The van der Waals surface area contributed by atoms with Crippen molar-refractivity contribution in [2.75, 3.05) is 19.7 Å². The Morgan fingerprint density at radius 3 is 2.47 bits per heavy atom. The first-order valence-electron chi connectivity index (χ1n) is 7.89. The van der Waals surface area contributed by atoms with E-state index in [9.17, 15) is 4.79 Å². The van der Waals surface area contributed by atoms with E-state index in [0.717, 1.165) is 32.4 Å². The van der Waals surface area contributed by atoms with Gasteiger partial charge in [-0.05, 0) is 49.4 Å². The molecule has 0 bridgehead atoms. The number of amides is 1. The Bertz CT molecular complexity index is 306. The smallest absolute Gasteiger partial charge is 0.222 e. The first-order chi connectivity index (χ1) is 9.00. The van der Waals surface area contributed by atoms with Crippen molar-refractivity contribution in [3.8, 4) is 0 Å². The summed E-state index contributed by atoms with van der Waals surface area (Å²) >= 11 is 0. The molecule has 0 aromatic heterocycles. The number of aliphatic hydroxyl groups excluding tert-OH is 1. The lowest BCUT2D eigenvalue weighted by Crippen LogP contribution is -2.40. The number of nitrogens with zero attached hydrogens (tertiary/aromatic N) is 1. The number of piperidine rings is 1. The van der Waals surface area contributed by atoms with Crippen LogP contribution in [-0.2, 0) is 4.79 Å². The zero-order valence-electron chi connectivity index (χ0n) is 12.5. The van der Waals surface area contributed by atoms with E-state index in [4.69, 9.17) is 5.11 Å². The second kappa shape index (κ2) is 6.25. The molecule has 1 unspecified atom stereocenters. The summed E-state index contributed by atoms with van der Waals surface area (Å²) in [5.41, 5.74) is 0.424. The number of aliphatic hydroxyl groups is 1. The first kappa shape index (κ1) is 14.8. The summed E-state index contributed by atoms with van der Waals surface area (Å²) in [4.78, 5) is 14.4. The molecule has 1 saturated carbocycles. The molecule has 2 aliphatic rings. The van der Waals surface area contributed by atoms with E-state index in [-0.39, 0.29) is 6.61 Å². The SMILES string of the molecule is CC1(C)CCCC(CC(=O)N2CCC(CO)CC2)C1. The lowest BCUT2D eigenvalue weighted by molar-refractivity contribution is -0.134. The predicted octanol–water partition coefficient (Wildman–Crippen LogP) is 2.82. The highest BCUT2D eigenvalue weighted by atomic mass is 16.3. The van der Waals surface area contributed by atoms with E-state index in [1.54, 1.807) is 0 Å². The van der Waals surface area contributed by atoms with Crippen molar-refractivity contribution >= 4 is 5.91 Å². The van der Waals surface area contributed by atoms with Crippen molar-refractivity contribution in [3.63, 3.8) is 0 Å². The summed E-state index contributed by atoms with van der Waals surface area (Å²) in [7, 11) is 0. The molecule has 0 aromatic carbocycles. The van der Waals surface area contributed by atoms with Crippen molar-refractivity contribution in [3.05, 3.63) is 0 Å². The Balaban J connectivity index is 1.78. The van der Waals surface area contributed by atoms with Gasteiger partial charge in [0.25, 0.3) is 0 Å². The van der Waals surface area contributed by atoms with Gasteiger partial charge in [-0.3, -0.25) is 4.79 Å². The van der Waals surface area contributed by atoms with Gasteiger partial charge in [-0.25, -0.2) is 0 Å². The predicted molar refractivity (Wildman–Crippen MR) is 76.7 cm³/mol. The van der Waals surface area contributed by atoms with Crippen LogP contribution in [0.5, 0.6) is 0 Å². The monoisotopic (exact) mass is 267 g/mol. The molecule has 1 saturated heterocycles. The summed E-state index contributed by atoms with van der Waals surface area (Å²) in [6.07, 6.45) is 7.69. The summed E-state index contributed by atoms with van der Waals surface area (Å²) < 4.78 is 0. The highest BCUT2D eigenvalue weighted by molar-refractivity contribution is 5.76. The molecular weight excluding hydrogens is 238 g/mol. The molecule has 1 aliphatic heterocycles. The molecule has 1 heterocycles. The number of carbonyl (C=O) groups excluding carboxylic acids is 1. The van der Waals surface area contributed by atoms with Crippen molar-refractivity contribution in [1.82, 2.24) is 4.90 Å². The summed E-state index contributed by atoms with van der Waals surface area (Å²) in [5, 5.41) is 9.13. The highest BCUT2D eigenvalue weighted by Crippen LogP contribution is 2.40. The zero-order valence-corrected chi connectivity index (χ0v) is 12.5. The summed E-state index contributed by atoms with van der Waals surface area (Å²) in [6, 6.07) is 0. The van der Waals surface area contributed by atoms with Crippen molar-refractivity contribution in [2.45, 2.75) is 58.8 Å². The van der Waals surface area contributed by atoms with Crippen LogP contribution in [-0.4, -0.2) is 35.6 Å². The molecule has 0 aromatic rings. The van der Waals surface area contributed by atoms with Gasteiger partial charge in [0.2, 0.25) is 5.91 Å². The van der Waals surface area contributed by atoms with Gasteiger partial charge in [-0.15, -0.1) is 0 Å². The van der Waals surface area contributed by atoms with Gasteiger partial charge in [-0.2, -0.15) is 0 Å². The third-order valence-corrected chi connectivity index (χ3v) is 5.00. The van der Waals surface area contributed by atoms with Crippen LogP contribution >= 0.6 is 0 Å². The third kappa shape index (κ3) is 4.20. The van der Waals surface area contributed by atoms with Crippen LogP contribution < -0.4 is 0 Å². The minimum absolute atomic E-state index is 0.277. The molecule has 3 heteroatoms. The lowest BCUT2D eigenvalue weighted by Gasteiger charge is -2.37. The Morgan fingerprint density at radius 2 is 1.89 bits per heavy atom. The fourth-order valence-electron chi connectivity index (χ4n) is 3.77. The molecule has 0 spiro atoms. The first-order valence-corrected chi connectivity index (χ1v) is 7.89. The van der Waals surface area contributed by atoms with Crippen molar-refractivity contribution in [1.29, 1.82) is 0 Å². The quantitative estimate of drug-likeness (QED) is 0.854. The number of rotatable bonds is 3. The fraction of sp³-hybridized carbons (Fsp3) is 0.938. The van der Waals surface area contributed by atoms with Gasteiger partial charge in [0.05, 0.1) is 0 Å². The Hall–Kier alpha value is -0.570. The third-order valence-electron chi connectivity index (χ3n) is 5.00. The Labute approximate surface area is 117 Å². The maximum atomic E-state index is 12.3. The average molecular weight is 267 g/mol. The fourth-order valence-corrected chi connectivity index (χ4v) is 3.77.